The van der Waals surface area contributed by atoms with Crippen molar-refractivity contribution in [3.8, 4) is 0 Å². The molecule has 0 bridgehead atoms. The summed E-state index contributed by atoms with van der Waals surface area (Å²) >= 11 is 0. The molecule has 2 aromatic heterocycles. The van der Waals surface area contributed by atoms with E-state index in [4.69, 9.17) is 0 Å². The Bertz CT molecular complexity index is 871. The van der Waals surface area contributed by atoms with Gasteiger partial charge in [0.2, 0.25) is 10.0 Å². The Kier molecular flexibility index (Phi) is 5.76. The lowest BCUT2D eigenvalue weighted by Gasteiger charge is -2.26. The lowest BCUT2D eigenvalue weighted by atomic mass is 10.2. The monoisotopic (exact) mass is 391 g/mol. The van der Waals surface area contributed by atoms with Gasteiger partial charge in [-0.2, -0.15) is 0 Å². The topological polar surface area (TPSA) is 103 Å². The molecule has 1 atom stereocenters. The van der Waals surface area contributed by atoms with Gasteiger partial charge in [-0.25, -0.2) is 27.7 Å². The maximum absolute atomic E-state index is 12.1. The van der Waals surface area contributed by atoms with Crippen LogP contribution in [0.25, 0.3) is 0 Å². The smallest absolute Gasteiger partial charge is 0.244 e. The maximum Gasteiger partial charge on any atom is 0.244 e. The molecular weight excluding hydrogens is 366 g/mol. The van der Waals surface area contributed by atoms with Crippen LogP contribution in [0.5, 0.6) is 0 Å². The Hall–Kier alpha value is -2.46. The van der Waals surface area contributed by atoms with E-state index in [1.807, 2.05) is 13.1 Å². The molecule has 1 unspecified atom stereocenters. The average molecular weight is 392 g/mol. The second-order valence-electron chi connectivity index (χ2n) is 6.55. The van der Waals surface area contributed by atoms with Crippen molar-refractivity contribution in [1.82, 2.24) is 19.3 Å². The predicted octanol–water partition coefficient (Wildman–Crippen LogP) is 1.24. The summed E-state index contributed by atoms with van der Waals surface area (Å²) in [6, 6.07) is 5.49. The quantitative estimate of drug-likeness (QED) is 0.727. The van der Waals surface area contributed by atoms with Gasteiger partial charge in [-0.3, -0.25) is 0 Å². The number of hydrogen-bond donors (Lipinski definition) is 2. The van der Waals surface area contributed by atoms with Crippen molar-refractivity contribution >= 4 is 27.5 Å². The molecule has 3 rings (SSSR count). The third-order valence-corrected chi connectivity index (χ3v) is 6.41. The van der Waals surface area contributed by atoms with E-state index in [9.17, 15) is 8.42 Å². The minimum absolute atomic E-state index is 0.182. The summed E-state index contributed by atoms with van der Waals surface area (Å²) in [5.74, 6) is 2.34. The van der Waals surface area contributed by atoms with Crippen LogP contribution in [0.1, 0.15) is 12.8 Å². The molecular formula is C17H25N7O2S. The van der Waals surface area contributed by atoms with Crippen molar-refractivity contribution in [2.24, 2.45) is 0 Å². The van der Waals surface area contributed by atoms with E-state index in [1.54, 1.807) is 18.5 Å². The van der Waals surface area contributed by atoms with Crippen molar-refractivity contribution in [1.29, 1.82) is 0 Å². The molecule has 2 N–H and O–H groups in total. The first-order valence-electron chi connectivity index (χ1n) is 8.80. The number of hydrogen-bond acceptors (Lipinski definition) is 8. The van der Waals surface area contributed by atoms with E-state index in [-0.39, 0.29) is 10.9 Å². The lowest BCUT2D eigenvalue weighted by Crippen LogP contribution is -2.35. The largest absolute Gasteiger partial charge is 0.373 e. The highest BCUT2D eigenvalue weighted by Crippen LogP contribution is 2.25. The number of sulfonamides is 1. The Morgan fingerprint density at radius 1 is 1.22 bits per heavy atom. The van der Waals surface area contributed by atoms with Gasteiger partial charge in [0.1, 0.15) is 28.7 Å². The van der Waals surface area contributed by atoms with Gasteiger partial charge in [-0.1, -0.05) is 0 Å². The van der Waals surface area contributed by atoms with Gasteiger partial charge in [0.15, 0.2) is 0 Å². The SMILES string of the molecule is CNc1cc(N2CCCC2CNc2ccc(S(=O)(=O)N(C)C)cn2)ncn1. The molecule has 27 heavy (non-hydrogen) atoms. The number of nitrogens with one attached hydrogen (secondary N) is 2. The zero-order valence-corrected chi connectivity index (χ0v) is 16.6. The molecule has 1 fully saturated rings. The van der Waals surface area contributed by atoms with Gasteiger partial charge in [0.05, 0.1) is 0 Å². The second-order valence-corrected chi connectivity index (χ2v) is 8.70. The Morgan fingerprint density at radius 2 is 2.04 bits per heavy atom. The van der Waals surface area contributed by atoms with Crippen molar-refractivity contribution in [2.75, 3.05) is 49.8 Å². The molecule has 146 valence electrons. The Morgan fingerprint density at radius 3 is 2.70 bits per heavy atom. The van der Waals surface area contributed by atoms with Gasteiger partial charge in [-0.15, -0.1) is 0 Å². The molecule has 9 nitrogen and oxygen atoms in total. The number of rotatable bonds is 7. The molecule has 2 aromatic rings. The van der Waals surface area contributed by atoms with E-state index in [0.717, 1.165) is 31.0 Å². The van der Waals surface area contributed by atoms with Gasteiger partial charge in [-0.05, 0) is 25.0 Å². The van der Waals surface area contributed by atoms with E-state index >= 15 is 0 Å². The molecule has 10 heteroatoms. The fourth-order valence-electron chi connectivity index (χ4n) is 3.06. The lowest BCUT2D eigenvalue weighted by molar-refractivity contribution is 0.520. The fourth-order valence-corrected chi connectivity index (χ4v) is 3.91. The number of pyridine rings is 1. The summed E-state index contributed by atoms with van der Waals surface area (Å²) < 4.78 is 25.4. The maximum atomic E-state index is 12.1. The van der Waals surface area contributed by atoms with Crippen LogP contribution in [0, 0.1) is 0 Å². The molecule has 0 aliphatic carbocycles. The summed E-state index contributed by atoms with van der Waals surface area (Å²) in [5, 5.41) is 6.34. The van der Waals surface area contributed by atoms with E-state index in [1.165, 1.54) is 24.6 Å². The van der Waals surface area contributed by atoms with Crippen molar-refractivity contribution in [3.63, 3.8) is 0 Å². The number of anilines is 3. The second kappa shape index (κ2) is 8.05. The standard InChI is InChI=1S/C17H25N7O2S/c1-18-16-9-17(22-12-21-16)24-8-4-5-13(24)10-19-15-7-6-14(11-20-15)27(25,26)23(2)3/h6-7,9,11-13H,4-5,8,10H2,1-3H3,(H,19,20)(H,18,21,22). The van der Waals surface area contributed by atoms with Crippen LogP contribution in [-0.2, 0) is 10.0 Å². The van der Waals surface area contributed by atoms with Gasteiger partial charge in [0, 0.05) is 52.5 Å². The minimum Gasteiger partial charge on any atom is -0.373 e. The summed E-state index contributed by atoms with van der Waals surface area (Å²) in [6.45, 7) is 1.64. The summed E-state index contributed by atoms with van der Waals surface area (Å²) in [7, 11) is 1.38. The zero-order chi connectivity index (χ0) is 19.4. The third-order valence-electron chi connectivity index (χ3n) is 4.61. The highest BCUT2D eigenvalue weighted by Gasteiger charge is 2.26. The van der Waals surface area contributed by atoms with E-state index in [0.29, 0.717) is 12.4 Å². The van der Waals surface area contributed by atoms with E-state index < -0.39 is 10.0 Å². The summed E-state index contributed by atoms with van der Waals surface area (Å²) in [6.07, 6.45) is 5.10. The highest BCUT2D eigenvalue weighted by molar-refractivity contribution is 7.89. The summed E-state index contributed by atoms with van der Waals surface area (Å²) in [4.78, 5) is 15.2. The molecule has 0 aromatic carbocycles. The summed E-state index contributed by atoms with van der Waals surface area (Å²) in [5.41, 5.74) is 0. The third kappa shape index (κ3) is 4.28. The minimum atomic E-state index is -3.46. The molecule has 3 heterocycles. The van der Waals surface area contributed by atoms with Crippen molar-refractivity contribution < 1.29 is 8.42 Å². The van der Waals surface area contributed by atoms with Crippen molar-refractivity contribution in [3.05, 3.63) is 30.7 Å². The van der Waals surface area contributed by atoms with Crippen LogP contribution in [-0.4, -0.2) is 67.9 Å². The molecule has 1 aliphatic rings. The number of aromatic nitrogens is 3. The van der Waals surface area contributed by atoms with Gasteiger partial charge in [0.25, 0.3) is 0 Å². The molecule has 0 saturated carbocycles. The molecule has 1 saturated heterocycles. The van der Waals surface area contributed by atoms with Crippen LogP contribution < -0.4 is 15.5 Å². The fraction of sp³-hybridized carbons (Fsp3) is 0.471. The number of nitrogens with zero attached hydrogens (tertiary/aromatic N) is 5. The molecule has 1 aliphatic heterocycles. The first-order chi connectivity index (χ1) is 12.9. The predicted molar refractivity (Wildman–Crippen MR) is 106 cm³/mol. The van der Waals surface area contributed by atoms with Crippen molar-refractivity contribution in [2.45, 2.75) is 23.8 Å². The van der Waals surface area contributed by atoms with Crippen LogP contribution >= 0.6 is 0 Å². The van der Waals surface area contributed by atoms with Crippen LogP contribution in [0.15, 0.2) is 35.6 Å². The van der Waals surface area contributed by atoms with Crippen LogP contribution in [0.2, 0.25) is 0 Å². The first kappa shape index (κ1) is 19.3. The van der Waals surface area contributed by atoms with Crippen LogP contribution in [0.4, 0.5) is 17.5 Å². The Balaban J connectivity index is 1.65. The van der Waals surface area contributed by atoms with Gasteiger partial charge >= 0.3 is 0 Å². The Labute approximate surface area is 159 Å². The normalized spacial score (nSPS) is 17.3. The average Bonchev–Trinajstić information content (AvgIpc) is 3.15. The first-order valence-corrected chi connectivity index (χ1v) is 10.2. The molecule has 0 spiro atoms. The zero-order valence-electron chi connectivity index (χ0n) is 15.8. The molecule has 0 amide bonds. The van der Waals surface area contributed by atoms with Gasteiger partial charge < -0.3 is 15.5 Å². The molecule has 0 radical (unpaired) electrons. The van der Waals surface area contributed by atoms with E-state index in [2.05, 4.69) is 30.5 Å². The highest BCUT2D eigenvalue weighted by atomic mass is 32.2. The van der Waals surface area contributed by atoms with Crippen LogP contribution in [0.3, 0.4) is 0 Å².